The van der Waals surface area contributed by atoms with E-state index in [0.717, 1.165) is 24.7 Å². The number of amides is 1. The van der Waals surface area contributed by atoms with Gasteiger partial charge in [-0.15, -0.1) is 0 Å². The van der Waals surface area contributed by atoms with E-state index >= 15 is 0 Å². The molecule has 0 unspecified atom stereocenters. The molecular formula is C23H30N2O4S. The van der Waals surface area contributed by atoms with Gasteiger partial charge < -0.3 is 10.1 Å². The lowest BCUT2D eigenvalue weighted by Gasteiger charge is -2.38. The van der Waals surface area contributed by atoms with E-state index in [1.807, 2.05) is 37.3 Å². The Morgan fingerprint density at radius 3 is 2.27 bits per heavy atom. The highest BCUT2D eigenvalue weighted by Crippen LogP contribution is 2.34. The molecule has 1 aliphatic heterocycles. The number of ether oxygens (including phenoxy) is 1. The zero-order valence-electron chi connectivity index (χ0n) is 17.8. The molecule has 3 rings (SSSR count). The summed E-state index contributed by atoms with van der Waals surface area (Å²) < 4.78 is 31.7. The smallest absolute Gasteiger partial charge is 0.243 e. The lowest BCUT2D eigenvalue weighted by molar-refractivity contribution is -0.122. The molecule has 1 N–H and O–H groups in total. The molecule has 1 aliphatic rings. The van der Waals surface area contributed by atoms with Gasteiger partial charge >= 0.3 is 0 Å². The third-order valence-electron chi connectivity index (χ3n) is 5.81. The van der Waals surface area contributed by atoms with Crippen LogP contribution in [0.15, 0.2) is 54.6 Å². The monoisotopic (exact) mass is 430 g/mol. The number of carbonyl (C=O) groups excluding carboxylic acids is 1. The van der Waals surface area contributed by atoms with Crippen molar-refractivity contribution in [2.75, 3.05) is 30.3 Å². The average Bonchev–Trinajstić information content (AvgIpc) is 2.74. The van der Waals surface area contributed by atoms with Crippen LogP contribution in [-0.4, -0.2) is 46.4 Å². The Labute approximate surface area is 179 Å². The Bertz CT molecular complexity index is 952. The number of aryl methyl sites for hydroxylation is 1. The van der Waals surface area contributed by atoms with Crippen LogP contribution in [0.2, 0.25) is 0 Å². The Balaban J connectivity index is 1.79. The largest absolute Gasteiger partial charge is 0.381 e. The van der Waals surface area contributed by atoms with E-state index in [-0.39, 0.29) is 11.3 Å². The van der Waals surface area contributed by atoms with Crippen LogP contribution in [0.4, 0.5) is 5.69 Å². The predicted molar refractivity (Wildman–Crippen MR) is 119 cm³/mol. The van der Waals surface area contributed by atoms with Gasteiger partial charge in [-0.2, -0.15) is 0 Å². The zero-order chi connectivity index (χ0) is 21.8. The van der Waals surface area contributed by atoms with Gasteiger partial charge in [-0.05, 0) is 44.4 Å². The first-order valence-electron chi connectivity index (χ1n) is 10.2. The van der Waals surface area contributed by atoms with Crippen LogP contribution >= 0.6 is 0 Å². The van der Waals surface area contributed by atoms with Gasteiger partial charge in [-0.3, -0.25) is 9.10 Å². The molecule has 1 atom stereocenters. The van der Waals surface area contributed by atoms with Gasteiger partial charge in [-0.1, -0.05) is 48.0 Å². The van der Waals surface area contributed by atoms with Crippen molar-refractivity contribution in [1.29, 1.82) is 0 Å². The molecular weight excluding hydrogens is 400 g/mol. The van der Waals surface area contributed by atoms with E-state index in [2.05, 4.69) is 17.4 Å². The van der Waals surface area contributed by atoms with Crippen molar-refractivity contribution in [3.63, 3.8) is 0 Å². The van der Waals surface area contributed by atoms with Gasteiger partial charge in [0, 0.05) is 25.2 Å². The molecule has 1 saturated heterocycles. The molecule has 0 bridgehead atoms. The minimum Gasteiger partial charge on any atom is -0.381 e. The SMILES string of the molecule is Cc1ccc(N([C@H](C)C(=O)NCC2(c3ccccc3)CCOCC2)S(C)(=O)=O)cc1. The molecule has 7 heteroatoms. The second-order valence-electron chi connectivity index (χ2n) is 8.05. The second kappa shape index (κ2) is 9.18. The fourth-order valence-corrected chi connectivity index (χ4v) is 5.20. The van der Waals surface area contributed by atoms with Crippen molar-refractivity contribution in [3.8, 4) is 0 Å². The Morgan fingerprint density at radius 1 is 1.10 bits per heavy atom. The molecule has 0 saturated carbocycles. The van der Waals surface area contributed by atoms with Crippen molar-refractivity contribution in [3.05, 3.63) is 65.7 Å². The van der Waals surface area contributed by atoms with E-state index in [4.69, 9.17) is 4.74 Å². The summed E-state index contributed by atoms with van der Waals surface area (Å²) in [5, 5.41) is 3.02. The number of hydrogen-bond donors (Lipinski definition) is 1. The summed E-state index contributed by atoms with van der Waals surface area (Å²) in [7, 11) is -3.63. The highest BCUT2D eigenvalue weighted by Gasteiger charge is 2.36. The molecule has 30 heavy (non-hydrogen) atoms. The average molecular weight is 431 g/mol. The first kappa shape index (κ1) is 22.3. The van der Waals surface area contributed by atoms with E-state index < -0.39 is 16.1 Å². The van der Waals surface area contributed by atoms with Crippen molar-refractivity contribution in [2.24, 2.45) is 0 Å². The zero-order valence-corrected chi connectivity index (χ0v) is 18.6. The van der Waals surface area contributed by atoms with Crippen LogP contribution < -0.4 is 9.62 Å². The first-order valence-corrected chi connectivity index (χ1v) is 12.0. The van der Waals surface area contributed by atoms with Crippen molar-refractivity contribution < 1.29 is 17.9 Å². The number of benzene rings is 2. The maximum absolute atomic E-state index is 13.0. The van der Waals surface area contributed by atoms with Crippen LogP contribution in [0, 0.1) is 6.92 Å². The number of nitrogens with zero attached hydrogens (tertiary/aromatic N) is 1. The number of hydrogen-bond acceptors (Lipinski definition) is 4. The van der Waals surface area contributed by atoms with Gasteiger partial charge in [0.25, 0.3) is 0 Å². The standard InChI is InChI=1S/C23H30N2O4S/c1-18-9-11-21(12-10-18)25(30(3,27)28)19(2)22(26)24-17-23(13-15-29-16-14-23)20-7-5-4-6-8-20/h4-12,19H,13-17H2,1-3H3,(H,24,26)/t19-/m1/s1. The summed E-state index contributed by atoms with van der Waals surface area (Å²) in [6.45, 7) is 5.27. The summed E-state index contributed by atoms with van der Waals surface area (Å²) in [5.41, 5.74) is 2.46. The third-order valence-corrected chi connectivity index (χ3v) is 7.06. The van der Waals surface area contributed by atoms with Crippen LogP contribution in [-0.2, 0) is 25.0 Å². The summed E-state index contributed by atoms with van der Waals surface area (Å²) in [6, 6.07) is 16.4. The van der Waals surface area contributed by atoms with Crippen molar-refractivity contribution in [1.82, 2.24) is 5.32 Å². The van der Waals surface area contributed by atoms with Crippen LogP contribution in [0.3, 0.4) is 0 Å². The molecule has 0 spiro atoms. The maximum atomic E-state index is 13.0. The molecule has 1 amide bonds. The normalized spacial score (nSPS) is 17.2. The third kappa shape index (κ3) is 5.02. The van der Waals surface area contributed by atoms with Gasteiger partial charge in [-0.25, -0.2) is 8.42 Å². The van der Waals surface area contributed by atoms with Gasteiger partial charge in [0.15, 0.2) is 0 Å². The molecule has 162 valence electrons. The first-order chi connectivity index (χ1) is 14.2. The number of rotatable bonds is 7. The summed E-state index contributed by atoms with van der Waals surface area (Å²) >= 11 is 0. The lowest BCUT2D eigenvalue weighted by Crippen LogP contribution is -2.51. The van der Waals surface area contributed by atoms with Crippen LogP contribution in [0.5, 0.6) is 0 Å². The molecule has 1 fully saturated rings. The van der Waals surface area contributed by atoms with Crippen LogP contribution in [0.25, 0.3) is 0 Å². The summed E-state index contributed by atoms with van der Waals surface area (Å²) in [6.07, 6.45) is 2.74. The molecule has 0 aliphatic carbocycles. The predicted octanol–water partition coefficient (Wildman–Crippen LogP) is 3.01. The molecule has 2 aromatic carbocycles. The van der Waals surface area contributed by atoms with E-state index in [9.17, 15) is 13.2 Å². The molecule has 6 nitrogen and oxygen atoms in total. The topological polar surface area (TPSA) is 75.7 Å². The van der Waals surface area contributed by atoms with E-state index in [1.54, 1.807) is 19.1 Å². The highest BCUT2D eigenvalue weighted by molar-refractivity contribution is 7.92. The lowest BCUT2D eigenvalue weighted by atomic mass is 9.74. The van der Waals surface area contributed by atoms with E-state index in [1.165, 1.54) is 9.87 Å². The molecule has 2 aromatic rings. The quantitative estimate of drug-likeness (QED) is 0.733. The molecule has 1 heterocycles. The number of nitrogens with one attached hydrogen (secondary N) is 1. The molecule has 0 radical (unpaired) electrons. The van der Waals surface area contributed by atoms with Gasteiger partial charge in [0.05, 0.1) is 11.9 Å². The molecule has 0 aromatic heterocycles. The summed E-state index contributed by atoms with van der Waals surface area (Å²) in [5.74, 6) is -0.317. The fraction of sp³-hybridized carbons (Fsp3) is 0.435. The van der Waals surface area contributed by atoms with Crippen molar-refractivity contribution in [2.45, 2.75) is 38.1 Å². The Hall–Kier alpha value is -2.38. The highest BCUT2D eigenvalue weighted by atomic mass is 32.2. The minimum absolute atomic E-state index is 0.214. The van der Waals surface area contributed by atoms with Crippen molar-refractivity contribution >= 4 is 21.6 Å². The Morgan fingerprint density at radius 2 is 1.70 bits per heavy atom. The van der Waals surface area contributed by atoms with Crippen LogP contribution in [0.1, 0.15) is 30.9 Å². The van der Waals surface area contributed by atoms with Gasteiger partial charge in [0.2, 0.25) is 15.9 Å². The van der Waals surface area contributed by atoms with Gasteiger partial charge in [0.1, 0.15) is 6.04 Å². The maximum Gasteiger partial charge on any atom is 0.243 e. The Kier molecular flexibility index (Phi) is 6.83. The fourth-order valence-electron chi connectivity index (χ4n) is 4.03. The second-order valence-corrected chi connectivity index (χ2v) is 9.91. The number of sulfonamides is 1. The van der Waals surface area contributed by atoms with E-state index in [0.29, 0.717) is 25.4 Å². The summed E-state index contributed by atoms with van der Waals surface area (Å²) in [4.78, 5) is 13.0. The number of anilines is 1. The number of carbonyl (C=O) groups is 1. The minimum atomic E-state index is -3.63.